The van der Waals surface area contributed by atoms with Crippen LogP contribution >= 0.6 is 0 Å². The normalized spacial score (nSPS) is 24.2. The van der Waals surface area contributed by atoms with Crippen LogP contribution in [0.25, 0.3) is 0 Å². The Kier molecular flexibility index (Phi) is 6.37. The number of pyridine rings is 1. The molecule has 7 nitrogen and oxygen atoms in total. The minimum Gasteiger partial charge on any atom is -0.340 e. The summed E-state index contributed by atoms with van der Waals surface area (Å²) < 4.78 is 0. The molecule has 32 heavy (non-hydrogen) atoms. The summed E-state index contributed by atoms with van der Waals surface area (Å²) in [5.74, 6) is -0.573. The summed E-state index contributed by atoms with van der Waals surface area (Å²) in [5.41, 5.74) is 0.411. The third-order valence-corrected chi connectivity index (χ3v) is 6.82. The summed E-state index contributed by atoms with van der Waals surface area (Å²) in [5, 5.41) is 0. The average molecular weight is 435 g/mol. The summed E-state index contributed by atoms with van der Waals surface area (Å²) >= 11 is 0. The molecule has 0 saturated carbocycles. The quantitative estimate of drug-likeness (QED) is 0.649. The Hall–Kier alpha value is -3.06. The third kappa shape index (κ3) is 4.30. The minimum atomic E-state index is -1.15. The second-order valence-corrected chi connectivity index (χ2v) is 8.89. The molecule has 2 aliphatic heterocycles. The molecule has 1 aromatic heterocycles. The standard InChI is InChI=1S/C25H30N4O3/c1-19-18-28(15-14-27(19)2)22(30)16-25(20-8-4-3-5-9-20)17-23(31)29(24(25)32)13-11-21-10-6-7-12-26-21/h3-10,12,19H,11,13-18H2,1-2H3/t19-,25-/m0/s1. The molecule has 0 aliphatic carbocycles. The fourth-order valence-corrected chi connectivity index (χ4v) is 4.67. The Bertz CT molecular complexity index is 981. The predicted molar refractivity (Wildman–Crippen MR) is 121 cm³/mol. The van der Waals surface area contributed by atoms with E-state index >= 15 is 0 Å². The number of hydrogen-bond donors (Lipinski definition) is 0. The zero-order valence-electron chi connectivity index (χ0n) is 18.7. The van der Waals surface area contributed by atoms with Crippen molar-refractivity contribution in [3.05, 3.63) is 66.0 Å². The van der Waals surface area contributed by atoms with Crippen LogP contribution in [0.3, 0.4) is 0 Å². The monoisotopic (exact) mass is 434 g/mol. The van der Waals surface area contributed by atoms with Crippen molar-refractivity contribution in [2.45, 2.75) is 37.6 Å². The number of aromatic nitrogens is 1. The van der Waals surface area contributed by atoms with Gasteiger partial charge in [-0.3, -0.25) is 24.3 Å². The van der Waals surface area contributed by atoms with Crippen molar-refractivity contribution >= 4 is 17.7 Å². The minimum absolute atomic E-state index is 0.0120. The summed E-state index contributed by atoms with van der Waals surface area (Å²) in [4.78, 5) is 49.7. The highest BCUT2D eigenvalue weighted by atomic mass is 16.2. The maximum absolute atomic E-state index is 13.7. The Balaban J connectivity index is 1.57. The van der Waals surface area contributed by atoms with Gasteiger partial charge in [-0.25, -0.2) is 0 Å². The average Bonchev–Trinajstić information content (AvgIpc) is 3.05. The molecule has 2 atom stereocenters. The first-order chi connectivity index (χ1) is 15.4. The van der Waals surface area contributed by atoms with Gasteiger partial charge in [-0.1, -0.05) is 36.4 Å². The highest BCUT2D eigenvalue weighted by Gasteiger charge is 2.54. The first-order valence-electron chi connectivity index (χ1n) is 11.2. The van der Waals surface area contributed by atoms with Crippen molar-refractivity contribution in [2.24, 2.45) is 0 Å². The second kappa shape index (κ2) is 9.20. The number of benzene rings is 1. The Morgan fingerprint density at radius 3 is 2.53 bits per heavy atom. The van der Waals surface area contributed by atoms with Gasteiger partial charge in [0.15, 0.2) is 0 Å². The van der Waals surface area contributed by atoms with Gasteiger partial charge in [0.25, 0.3) is 0 Å². The largest absolute Gasteiger partial charge is 0.340 e. The van der Waals surface area contributed by atoms with Crippen molar-refractivity contribution in [3.8, 4) is 0 Å². The molecule has 2 aromatic rings. The molecule has 0 bridgehead atoms. The predicted octanol–water partition coefficient (Wildman–Crippen LogP) is 1.87. The summed E-state index contributed by atoms with van der Waals surface area (Å²) in [6, 6.07) is 15.2. The lowest BCUT2D eigenvalue weighted by atomic mass is 9.75. The molecule has 2 saturated heterocycles. The number of imide groups is 1. The number of piperazine rings is 1. The van der Waals surface area contributed by atoms with Crippen molar-refractivity contribution in [1.29, 1.82) is 0 Å². The van der Waals surface area contributed by atoms with E-state index in [-0.39, 0.29) is 43.1 Å². The van der Waals surface area contributed by atoms with Crippen molar-refractivity contribution in [2.75, 3.05) is 33.2 Å². The third-order valence-electron chi connectivity index (χ3n) is 6.82. The van der Waals surface area contributed by atoms with E-state index in [1.54, 1.807) is 6.20 Å². The van der Waals surface area contributed by atoms with Crippen LogP contribution in [-0.4, -0.2) is 76.7 Å². The molecule has 4 rings (SSSR count). The van der Waals surface area contributed by atoms with E-state index in [9.17, 15) is 14.4 Å². The molecule has 0 spiro atoms. The highest BCUT2D eigenvalue weighted by Crippen LogP contribution is 2.40. The van der Waals surface area contributed by atoms with Crippen molar-refractivity contribution in [3.63, 3.8) is 0 Å². The number of carbonyl (C=O) groups excluding carboxylic acids is 3. The van der Waals surface area contributed by atoms with Crippen LogP contribution in [0.5, 0.6) is 0 Å². The van der Waals surface area contributed by atoms with Gasteiger partial charge in [-0.2, -0.15) is 0 Å². The molecular formula is C25H30N4O3. The molecule has 2 aliphatic rings. The summed E-state index contributed by atoms with van der Waals surface area (Å²) in [6.07, 6.45) is 2.23. The zero-order valence-corrected chi connectivity index (χ0v) is 18.7. The number of carbonyl (C=O) groups is 3. The van der Waals surface area contributed by atoms with E-state index < -0.39 is 5.41 Å². The number of likely N-dealkylation sites (N-methyl/N-ethyl adjacent to an activating group) is 1. The van der Waals surface area contributed by atoms with Crippen LogP contribution in [-0.2, 0) is 26.2 Å². The Labute approximate surface area is 189 Å². The van der Waals surface area contributed by atoms with Gasteiger partial charge < -0.3 is 9.80 Å². The molecule has 0 unspecified atom stereocenters. The van der Waals surface area contributed by atoms with Gasteiger partial charge in [-0.15, -0.1) is 0 Å². The first-order valence-corrected chi connectivity index (χ1v) is 11.2. The SMILES string of the molecule is C[C@H]1CN(C(=O)C[C@@]2(c3ccccc3)CC(=O)N(CCc3ccccn3)C2=O)CCN1C. The molecule has 2 fully saturated rings. The summed E-state index contributed by atoms with van der Waals surface area (Å²) in [7, 11) is 2.05. The molecule has 3 heterocycles. The fourth-order valence-electron chi connectivity index (χ4n) is 4.67. The lowest BCUT2D eigenvalue weighted by Gasteiger charge is -2.39. The zero-order chi connectivity index (χ0) is 22.7. The van der Waals surface area contributed by atoms with E-state index in [1.165, 1.54) is 4.90 Å². The van der Waals surface area contributed by atoms with Crippen molar-refractivity contribution < 1.29 is 14.4 Å². The smallest absolute Gasteiger partial charge is 0.240 e. The van der Waals surface area contributed by atoms with Crippen LogP contribution < -0.4 is 0 Å². The molecule has 0 radical (unpaired) electrons. The molecule has 0 N–H and O–H groups in total. The first kappa shape index (κ1) is 22.1. The maximum Gasteiger partial charge on any atom is 0.240 e. The molecular weight excluding hydrogens is 404 g/mol. The Morgan fingerprint density at radius 2 is 1.84 bits per heavy atom. The van der Waals surface area contributed by atoms with Gasteiger partial charge in [0.1, 0.15) is 0 Å². The molecule has 1 aromatic carbocycles. The number of likely N-dealkylation sites (tertiary alicyclic amines) is 1. The molecule has 7 heteroatoms. The van der Waals surface area contributed by atoms with Gasteiger partial charge in [0, 0.05) is 63.4 Å². The van der Waals surface area contributed by atoms with E-state index in [2.05, 4.69) is 23.9 Å². The van der Waals surface area contributed by atoms with Gasteiger partial charge in [0.05, 0.1) is 5.41 Å². The highest BCUT2D eigenvalue weighted by molar-refractivity contribution is 6.10. The lowest BCUT2D eigenvalue weighted by molar-refractivity contribution is -0.143. The number of nitrogens with zero attached hydrogens (tertiary/aromatic N) is 4. The van der Waals surface area contributed by atoms with Crippen LogP contribution in [0.1, 0.15) is 31.0 Å². The topological polar surface area (TPSA) is 73.8 Å². The van der Waals surface area contributed by atoms with Crippen LogP contribution in [0.2, 0.25) is 0 Å². The van der Waals surface area contributed by atoms with E-state index in [1.807, 2.05) is 53.4 Å². The number of hydrogen-bond acceptors (Lipinski definition) is 5. The number of amides is 3. The van der Waals surface area contributed by atoms with Gasteiger partial charge in [0.2, 0.25) is 17.7 Å². The maximum atomic E-state index is 13.7. The van der Waals surface area contributed by atoms with E-state index in [0.717, 1.165) is 17.8 Å². The lowest BCUT2D eigenvalue weighted by Crippen LogP contribution is -2.53. The second-order valence-electron chi connectivity index (χ2n) is 8.89. The fraction of sp³-hybridized carbons (Fsp3) is 0.440. The van der Waals surface area contributed by atoms with Crippen molar-refractivity contribution in [1.82, 2.24) is 19.7 Å². The van der Waals surface area contributed by atoms with Crippen LogP contribution in [0.4, 0.5) is 0 Å². The van der Waals surface area contributed by atoms with Crippen LogP contribution in [0, 0.1) is 0 Å². The van der Waals surface area contributed by atoms with Crippen LogP contribution in [0.15, 0.2) is 54.7 Å². The van der Waals surface area contributed by atoms with E-state index in [0.29, 0.717) is 19.5 Å². The Morgan fingerprint density at radius 1 is 1.09 bits per heavy atom. The number of rotatable bonds is 6. The molecule has 3 amide bonds. The summed E-state index contributed by atoms with van der Waals surface area (Å²) in [6.45, 7) is 4.43. The molecule has 168 valence electrons. The van der Waals surface area contributed by atoms with E-state index in [4.69, 9.17) is 0 Å². The van der Waals surface area contributed by atoms with Gasteiger partial charge in [-0.05, 0) is 31.7 Å². The van der Waals surface area contributed by atoms with Gasteiger partial charge >= 0.3 is 0 Å².